The van der Waals surface area contributed by atoms with Crippen molar-refractivity contribution in [2.75, 3.05) is 19.8 Å². The third-order valence-corrected chi connectivity index (χ3v) is 13.3. The molecular formula is C39H54N2O4. The van der Waals surface area contributed by atoms with Crippen LogP contribution in [0.15, 0.2) is 47.1 Å². The third-order valence-electron chi connectivity index (χ3n) is 13.3. The van der Waals surface area contributed by atoms with Crippen molar-refractivity contribution in [2.45, 2.75) is 115 Å². The van der Waals surface area contributed by atoms with Gasteiger partial charge in [-0.2, -0.15) is 0 Å². The molecule has 0 spiro atoms. The lowest BCUT2D eigenvalue weighted by Crippen LogP contribution is -2.54. The molecule has 0 bridgehead atoms. The molecular weight excluding hydrogens is 560 g/mol. The van der Waals surface area contributed by atoms with Crippen LogP contribution in [0.3, 0.4) is 0 Å². The molecule has 4 aliphatic carbocycles. The van der Waals surface area contributed by atoms with Gasteiger partial charge in [0, 0.05) is 24.0 Å². The minimum Gasteiger partial charge on any atom is -0.385 e. The number of aliphatic hydroxyl groups is 1. The van der Waals surface area contributed by atoms with Crippen molar-refractivity contribution in [2.24, 2.45) is 39.7 Å². The normalized spacial score (nSPS) is 40.1. The lowest BCUT2D eigenvalue weighted by molar-refractivity contribution is -0.125. The number of benzene rings is 1. The number of hydrogen-bond donors (Lipinski definition) is 2. The summed E-state index contributed by atoms with van der Waals surface area (Å²) in [7, 11) is 0. The summed E-state index contributed by atoms with van der Waals surface area (Å²) in [6.45, 7) is 10.4. The second-order valence-electron chi connectivity index (χ2n) is 15.7. The first-order valence-electron chi connectivity index (χ1n) is 17.6. The number of amides is 1. The predicted octanol–water partition coefficient (Wildman–Crippen LogP) is 6.97. The summed E-state index contributed by atoms with van der Waals surface area (Å²) >= 11 is 0. The van der Waals surface area contributed by atoms with Crippen LogP contribution in [-0.2, 0) is 19.8 Å². The zero-order chi connectivity index (χ0) is 31.9. The Kier molecular flexibility index (Phi) is 9.00. The highest BCUT2D eigenvalue weighted by Crippen LogP contribution is 2.67. The highest BCUT2D eigenvalue weighted by atomic mass is 16.6. The largest absolute Gasteiger partial charge is 0.385 e. The number of nitrogens with one attached hydrogen (secondary N) is 1. The Labute approximate surface area is 270 Å². The smallest absolute Gasteiger partial charge is 0.260 e. The fourth-order valence-corrected chi connectivity index (χ4v) is 10.4. The fraction of sp³-hybridized carbons (Fsp3) is 0.692. The van der Waals surface area contributed by atoms with E-state index < -0.39 is 5.60 Å². The van der Waals surface area contributed by atoms with Crippen molar-refractivity contribution in [3.8, 4) is 12.3 Å². The van der Waals surface area contributed by atoms with E-state index in [0.717, 1.165) is 82.9 Å². The number of hydrogen-bond acceptors (Lipinski definition) is 5. The van der Waals surface area contributed by atoms with Crippen LogP contribution in [0.5, 0.6) is 0 Å². The quantitative estimate of drug-likeness (QED) is 0.245. The van der Waals surface area contributed by atoms with Crippen LogP contribution >= 0.6 is 0 Å². The summed E-state index contributed by atoms with van der Waals surface area (Å²) in [5, 5.41) is 18.8. The standard InChI is InChI=1S/C39H54N2O4/c1-6-39(43)19-16-33-31-13-12-29-24-30(14-17-36(29,4)32(31)15-18-37(33,39)5)41-45-26-35(42)40-22-20-38(28-10-8-7-9-11-28)21-23-44-34(25-38)27(2)3/h1,7-11,24,27,31-34,43H,12-23,25-26H2,2-5H3,(H,40,42)/b41-30+/t31-,32+,33+,34+,36+,37+,38-,39+/m1/s1. The molecule has 6 heteroatoms. The van der Waals surface area contributed by atoms with Crippen molar-refractivity contribution < 1.29 is 19.5 Å². The Morgan fingerprint density at radius 1 is 1.11 bits per heavy atom. The molecule has 4 fully saturated rings. The minimum absolute atomic E-state index is 0.00000715. The van der Waals surface area contributed by atoms with Crippen LogP contribution in [0.2, 0.25) is 0 Å². The van der Waals surface area contributed by atoms with Crippen molar-refractivity contribution in [1.82, 2.24) is 5.32 Å². The molecule has 2 N–H and O–H groups in total. The van der Waals surface area contributed by atoms with Crippen molar-refractivity contribution >= 4 is 11.6 Å². The first-order valence-corrected chi connectivity index (χ1v) is 17.6. The average molecular weight is 615 g/mol. The molecule has 1 aromatic carbocycles. The molecule has 6 rings (SSSR count). The number of fused-ring (bicyclic) bond motifs is 5. The lowest BCUT2D eigenvalue weighted by atomic mass is 9.46. The SMILES string of the molecule is C#C[C@]1(O)CC[C@H]2[C@@H]3CCC4=C/C(=N/OCC(=O)NCC[C@@]5(c6ccccc6)CCO[C@H](C(C)C)C5)CC[C@]4(C)[C@H]3CC[C@@]21C. The summed E-state index contributed by atoms with van der Waals surface area (Å²) in [5.74, 6) is 4.86. The second kappa shape index (κ2) is 12.5. The number of oxime groups is 1. The van der Waals surface area contributed by atoms with Gasteiger partial charge < -0.3 is 20.0 Å². The molecule has 1 amide bonds. The van der Waals surface area contributed by atoms with Gasteiger partial charge >= 0.3 is 0 Å². The molecule has 3 saturated carbocycles. The number of terminal acetylenes is 1. The Morgan fingerprint density at radius 2 is 1.89 bits per heavy atom. The molecule has 45 heavy (non-hydrogen) atoms. The Balaban J connectivity index is 1.03. The maximum Gasteiger partial charge on any atom is 0.260 e. The maximum atomic E-state index is 12.8. The molecule has 1 heterocycles. The van der Waals surface area contributed by atoms with Crippen molar-refractivity contribution in [3.63, 3.8) is 0 Å². The molecule has 6 nitrogen and oxygen atoms in total. The molecule has 1 aromatic rings. The van der Waals surface area contributed by atoms with E-state index in [2.05, 4.69) is 80.5 Å². The highest BCUT2D eigenvalue weighted by molar-refractivity contribution is 5.96. The van der Waals surface area contributed by atoms with Crippen LogP contribution in [-0.4, -0.2) is 48.2 Å². The van der Waals surface area contributed by atoms with Gasteiger partial charge in [-0.15, -0.1) is 6.42 Å². The topological polar surface area (TPSA) is 80.2 Å². The van der Waals surface area contributed by atoms with Crippen LogP contribution < -0.4 is 5.32 Å². The van der Waals surface area contributed by atoms with Crippen LogP contribution in [0.25, 0.3) is 0 Å². The predicted molar refractivity (Wildman–Crippen MR) is 178 cm³/mol. The Morgan fingerprint density at radius 3 is 2.64 bits per heavy atom. The Hall–Kier alpha value is -2.62. The Bertz CT molecular complexity index is 1350. The van der Waals surface area contributed by atoms with Gasteiger partial charge in [-0.05, 0) is 111 Å². The molecule has 244 valence electrons. The van der Waals surface area contributed by atoms with E-state index in [1.807, 2.05) is 0 Å². The van der Waals surface area contributed by atoms with Crippen molar-refractivity contribution in [1.29, 1.82) is 0 Å². The number of carbonyl (C=O) groups excluding carboxylic acids is 1. The van der Waals surface area contributed by atoms with E-state index in [1.54, 1.807) is 0 Å². The van der Waals surface area contributed by atoms with E-state index in [-0.39, 0.29) is 34.9 Å². The van der Waals surface area contributed by atoms with Gasteiger partial charge in [-0.1, -0.05) is 74.7 Å². The van der Waals surface area contributed by atoms with E-state index in [4.69, 9.17) is 16.0 Å². The van der Waals surface area contributed by atoms with Crippen LogP contribution in [0.4, 0.5) is 0 Å². The van der Waals surface area contributed by atoms with E-state index in [9.17, 15) is 9.90 Å². The van der Waals surface area contributed by atoms with Crippen LogP contribution in [0, 0.1) is 46.8 Å². The molecule has 5 aliphatic rings. The molecule has 1 saturated heterocycles. The monoisotopic (exact) mass is 614 g/mol. The summed E-state index contributed by atoms with van der Waals surface area (Å²) in [6, 6.07) is 10.7. The lowest BCUT2D eigenvalue weighted by Gasteiger charge is -2.58. The van der Waals surface area contributed by atoms with Gasteiger partial charge in [0.15, 0.2) is 6.61 Å². The average Bonchev–Trinajstić information content (AvgIpc) is 3.32. The van der Waals surface area contributed by atoms with E-state index in [1.165, 1.54) is 11.1 Å². The summed E-state index contributed by atoms with van der Waals surface area (Å²) in [6.07, 6.45) is 19.2. The second-order valence-corrected chi connectivity index (χ2v) is 15.7. The van der Waals surface area contributed by atoms with Crippen LogP contribution in [0.1, 0.15) is 104 Å². The van der Waals surface area contributed by atoms with Gasteiger partial charge in [-0.3, -0.25) is 4.79 Å². The number of nitrogens with zero attached hydrogens (tertiary/aromatic N) is 1. The van der Waals surface area contributed by atoms with E-state index >= 15 is 0 Å². The maximum absolute atomic E-state index is 12.8. The zero-order valence-corrected chi connectivity index (χ0v) is 27.9. The summed E-state index contributed by atoms with van der Waals surface area (Å²) in [5.41, 5.74) is 2.80. The van der Waals surface area contributed by atoms with Gasteiger partial charge in [-0.25, -0.2) is 0 Å². The third kappa shape index (κ3) is 5.78. The highest BCUT2D eigenvalue weighted by Gasteiger charge is 2.63. The van der Waals surface area contributed by atoms with Gasteiger partial charge in [0.1, 0.15) is 5.60 Å². The molecule has 8 atom stereocenters. The van der Waals surface area contributed by atoms with Gasteiger partial charge in [0.25, 0.3) is 5.91 Å². The first kappa shape index (κ1) is 32.3. The van der Waals surface area contributed by atoms with Gasteiger partial charge in [0.2, 0.25) is 0 Å². The van der Waals surface area contributed by atoms with E-state index in [0.29, 0.717) is 30.2 Å². The van der Waals surface area contributed by atoms with Crippen molar-refractivity contribution in [3.05, 3.63) is 47.5 Å². The number of ether oxygens (including phenoxy) is 1. The first-order chi connectivity index (χ1) is 21.5. The molecule has 0 radical (unpaired) electrons. The minimum atomic E-state index is -0.958. The fourth-order valence-electron chi connectivity index (χ4n) is 10.4. The summed E-state index contributed by atoms with van der Waals surface area (Å²) < 4.78 is 6.11. The molecule has 1 aliphatic heterocycles. The zero-order valence-electron chi connectivity index (χ0n) is 27.9. The van der Waals surface area contributed by atoms with Gasteiger partial charge in [0.05, 0.1) is 11.8 Å². The number of allylic oxidation sites excluding steroid dienone is 2. The molecule has 0 unspecified atom stereocenters. The number of carbonyl (C=O) groups is 1. The molecule has 0 aromatic heterocycles. The summed E-state index contributed by atoms with van der Waals surface area (Å²) in [4.78, 5) is 18.4. The number of rotatable bonds is 8.